The average molecular weight is 394 g/mol. The highest BCUT2D eigenvalue weighted by atomic mass is 16.5. The smallest absolute Gasteiger partial charge is 0.233 e. The Morgan fingerprint density at radius 3 is 2.90 bits per heavy atom. The number of nitrogens with zero attached hydrogens (tertiary/aromatic N) is 2. The van der Waals surface area contributed by atoms with E-state index in [0.29, 0.717) is 19.0 Å². The minimum Gasteiger partial charge on any atom is -0.487 e. The molecule has 2 N–H and O–H groups in total. The third-order valence-electron chi connectivity index (χ3n) is 5.36. The number of methoxy groups -OCH3 is 1. The molecule has 0 aliphatic carbocycles. The molecule has 0 atom stereocenters. The van der Waals surface area contributed by atoms with Crippen LogP contribution < -0.4 is 15.4 Å². The third kappa shape index (κ3) is 4.41. The van der Waals surface area contributed by atoms with Crippen LogP contribution in [0.25, 0.3) is 5.65 Å². The van der Waals surface area contributed by atoms with E-state index in [-0.39, 0.29) is 5.91 Å². The van der Waals surface area contributed by atoms with Crippen molar-refractivity contribution in [3.05, 3.63) is 60.6 Å². The summed E-state index contributed by atoms with van der Waals surface area (Å²) < 4.78 is 13.2. The summed E-state index contributed by atoms with van der Waals surface area (Å²) in [7, 11) is 1.64. The van der Waals surface area contributed by atoms with E-state index in [2.05, 4.69) is 15.6 Å². The predicted octanol–water partition coefficient (Wildman–Crippen LogP) is 2.87. The van der Waals surface area contributed by atoms with Crippen molar-refractivity contribution in [2.45, 2.75) is 19.4 Å². The summed E-state index contributed by atoms with van der Waals surface area (Å²) in [6, 6.07) is 13.3. The monoisotopic (exact) mass is 394 g/mol. The summed E-state index contributed by atoms with van der Waals surface area (Å²) in [5.74, 6) is 0.685. The molecule has 1 aromatic carbocycles. The molecule has 0 radical (unpaired) electrons. The van der Waals surface area contributed by atoms with Crippen LogP contribution in [-0.4, -0.2) is 42.1 Å². The first-order valence-electron chi connectivity index (χ1n) is 9.85. The van der Waals surface area contributed by atoms with Crippen molar-refractivity contribution < 1.29 is 14.3 Å². The normalized spacial score (nSPS) is 15.9. The van der Waals surface area contributed by atoms with Crippen LogP contribution in [0.3, 0.4) is 0 Å². The second-order valence-corrected chi connectivity index (χ2v) is 7.43. The Morgan fingerprint density at radius 1 is 1.24 bits per heavy atom. The highest BCUT2D eigenvalue weighted by Gasteiger charge is 2.39. The summed E-state index contributed by atoms with van der Waals surface area (Å²) in [6.45, 7) is 2.42. The first kappa shape index (κ1) is 19.4. The maximum Gasteiger partial charge on any atom is 0.233 e. The van der Waals surface area contributed by atoms with Crippen molar-refractivity contribution in [2.24, 2.45) is 5.41 Å². The van der Waals surface area contributed by atoms with Gasteiger partial charge in [0, 0.05) is 31.3 Å². The SMILES string of the molecule is COCC1(C(=O)Nc2cccc(OCc3cn4ccccc4n3)c2)CCNCC1. The fourth-order valence-electron chi connectivity index (χ4n) is 3.76. The molecule has 1 aliphatic heterocycles. The molecule has 2 aromatic heterocycles. The van der Waals surface area contributed by atoms with Gasteiger partial charge in [0.2, 0.25) is 5.91 Å². The summed E-state index contributed by atoms with van der Waals surface area (Å²) in [5.41, 5.74) is 1.96. The lowest BCUT2D eigenvalue weighted by Crippen LogP contribution is -2.47. The largest absolute Gasteiger partial charge is 0.487 e. The fourth-order valence-corrected chi connectivity index (χ4v) is 3.76. The van der Waals surface area contributed by atoms with Crippen molar-refractivity contribution in [3.63, 3.8) is 0 Å². The zero-order valence-electron chi connectivity index (χ0n) is 16.6. The molecule has 3 aromatic rings. The number of benzene rings is 1. The van der Waals surface area contributed by atoms with Gasteiger partial charge in [-0.25, -0.2) is 4.98 Å². The third-order valence-corrected chi connectivity index (χ3v) is 5.36. The number of pyridine rings is 1. The van der Waals surface area contributed by atoms with Gasteiger partial charge in [-0.3, -0.25) is 4.79 Å². The Morgan fingerprint density at radius 2 is 2.10 bits per heavy atom. The second kappa shape index (κ2) is 8.63. The standard InChI is InChI=1S/C22H26N4O3/c1-28-16-22(8-10-23-11-9-22)21(27)25-17-5-4-6-19(13-17)29-15-18-14-26-12-3-2-7-20(26)24-18/h2-7,12-14,23H,8-11,15-16H2,1H3,(H,25,27). The lowest BCUT2D eigenvalue weighted by atomic mass is 9.78. The molecule has 7 nitrogen and oxygen atoms in total. The molecule has 152 valence electrons. The van der Waals surface area contributed by atoms with Crippen LogP contribution in [0.4, 0.5) is 5.69 Å². The number of nitrogens with one attached hydrogen (secondary N) is 2. The lowest BCUT2D eigenvalue weighted by Gasteiger charge is -2.35. The van der Waals surface area contributed by atoms with E-state index in [1.54, 1.807) is 7.11 Å². The highest BCUT2D eigenvalue weighted by molar-refractivity contribution is 5.95. The predicted molar refractivity (Wildman–Crippen MR) is 111 cm³/mol. The van der Waals surface area contributed by atoms with Crippen LogP contribution in [0.5, 0.6) is 5.75 Å². The van der Waals surface area contributed by atoms with Crippen LogP contribution in [0, 0.1) is 5.41 Å². The van der Waals surface area contributed by atoms with Gasteiger partial charge in [-0.2, -0.15) is 0 Å². The minimum absolute atomic E-state index is 0.00153. The minimum atomic E-state index is -0.493. The quantitative estimate of drug-likeness (QED) is 0.644. The second-order valence-electron chi connectivity index (χ2n) is 7.43. The fraction of sp³-hybridized carbons (Fsp3) is 0.364. The summed E-state index contributed by atoms with van der Waals surface area (Å²) in [4.78, 5) is 17.5. The number of aromatic nitrogens is 2. The Kier molecular flexibility index (Phi) is 5.78. The number of rotatable bonds is 7. The molecule has 1 aliphatic rings. The summed E-state index contributed by atoms with van der Waals surface area (Å²) in [6.07, 6.45) is 5.43. The number of hydrogen-bond acceptors (Lipinski definition) is 5. The van der Waals surface area contributed by atoms with Gasteiger partial charge in [0.05, 0.1) is 17.7 Å². The maximum atomic E-state index is 13.0. The first-order chi connectivity index (χ1) is 14.2. The molecule has 1 saturated heterocycles. The molecule has 1 amide bonds. The average Bonchev–Trinajstić information content (AvgIpc) is 3.16. The van der Waals surface area contributed by atoms with Crippen molar-refractivity contribution in [2.75, 3.05) is 32.1 Å². The van der Waals surface area contributed by atoms with Gasteiger partial charge >= 0.3 is 0 Å². The number of hydrogen-bond donors (Lipinski definition) is 2. The summed E-state index contributed by atoms with van der Waals surface area (Å²) in [5, 5.41) is 6.36. The van der Waals surface area contributed by atoms with Crippen molar-refractivity contribution in [1.29, 1.82) is 0 Å². The topological polar surface area (TPSA) is 76.9 Å². The lowest BCUT2D eigenvalue weighted by molar-refractivity contribution is -0.130. The number of carbonyl (C=O) groups is 1. The van der Waals surface area contributed by atoms with Crippen LogP contribution in [0.15, 0.2) is 54.9 Å². The molecule has 0 unspecified atom stereocenters. The first-order valence-corrected chi connectivity index (χ1v) is 9.85. The highest BCUT2D eigenvalue weighted by Crippen LogP contribution is 2.31. The van der Waals surface area contributed by atoms with E-state index in [4.69, 9.17) is 9.47 Å². The molecular formula is C22H26N4O3. The van der Waals surface area contributed by atoms with E-state index in [1.807, 2.05) is 59.3 Å². The van der Waals surface area contributed by atoms with E-state index < -0.39 is 5.41 Å². The Bertz CT molecular complexity index is 940. The number of ether oxygens (including phenoxy) is 2. The van der Waals surface area contributed by atoms with Gasteiger partial charge < -0.3 is 24.5 Å². The molecule has 0 saturated carbocycles. The molecule has 29 heavy (non-hydrogen) atoms. The zero-order chi connectivity index (χ0) is 20.1. The number of carbonyl (C=O) groups excluding carboxylic acids is 1. The van der Waals surface area contributed by atoms with Gasteiger partial charge in [0.25, 0.3) is 0 Å². The maximum absolute atomic E-state index is 13.0. The number of anilines is 1. The molecule has 0 bridgehead atoms. The van der Waals surface area contributed by atoms with Crippen molar-refractivity contribution >= 4 is 17.2 Å². The number of fused-ring (bicyclic) bond motifs is 1. The van der Waals surface area contributed by atoms with Gasteiger partial charge in [-0.15, -0.1) is 0 Å². The van der Waals surface area contributed by atoms with Gasteiger partial charge in [-0.05, 0) is 50.2 Å². The molecule has 0 spiro atoms. The number of piperidine rings is 1. The van der Waals surface area contributed by atoms with Gasteiger partial charge in [-0.1, -0.05) is 12.1 Å². The zero-order valence-corrected chi connectivity index (χ0v) is 16.6. The molecule has 7 heteroatoms. The number of imidazole rings is 1. The van der Waals surface area contributed by atoms with E-state index >= 15 is 0 Å². The number of amides is 1. The Labute approximate surface area is 170 Å². The molecule has 1 fully saturated rings. The van der Waals surface area contributed by atoms with E-state index in [9.17, 15) is 4.79 Å². The Hall–Kier alpha value is -2.90. The molecular weight excluding hydrogens is 368 g/mol. The van der Waals surface area contributed by atoms with Crippen molar-refractivity contribution in [1.82, 2.24) is 14.7 Å². The molecule has 3 heterocycles. The van der Waals surface area contributed by atoms with Gasteiger partial charge in [0.15, 0.2) is 0 Å². The Balaban J connectivity index is 1.42. The van der Waals surface area contributed by atoms with E-state index in [0.717, 1.165) is 43.0 Å². The van der Waals surface area contributed by atoms with Crippen LogP contribution in [-0.2, 0) is 16.1 Å². The summed E-state index contributed by atoms with van der Waals surface area (Å²) >= 11 is 0. The van der Waals surface area contributed by atoms with Crippen LogP contribution in [0.2, 0.25) is 0 Å². The van der Waals surface area contributed by atoms with Crippen LogP contribution in [0.1, 0.15) is 18.5 Å². The van der Waals surface area contributed by atoms with E-state index in [1.165, 1.54) is 0 Å². The van der Waals surface area contributed by atoms with Crippen LogP contribution >= 0.6 is 0 Å². The van der Waals surface area contributed by atoms with Gasteiger partial charge in [0.1, 0.15) is 18.0 Å². The molecule has 4 rings (SSSR count). The van der Waals surface area contributed by atoms with Crippen molar-refractivity contribution in [3.8, 4) is 5.75 Å².